The summed E-state index contributed by atoms with van der Waals surface area (Å²) < 4.78 is 0. The summed E-state index contributed by atoms with van der Waals surface area (Å²) >= 11 is 0. The molecule has 0 spiro atoms. The largest absolute Gasteiger partial charge is 0.354 e. The molecule has 1 heterocycles. The van der Waals surface area contributed by atoms with Gasteiger partial charge in [-0.15, -0.1) is 0 Å². The summed E-state index contributed by atoms with van der Waals surface area (Å²) in [5, 5.41) is 0.996. The summed E-state index contributed by atoms with van der Waals surface area (Å²) in [6.45, 7) is 6.18. The third-order valence-corrected chi connectivity index (χ3v) is 3.77. The first-order valence-corrected chi connectivity index (χ1v) is 6.75. The van der Waals surface area contributed by atoms with Crippen LogP contribution in [-0.4, -0.2) is 11.3 Å². The molecule has 0 atom stereocenters. The maximum Gasteiger partial charge on any atom is 0.152 e. The standard InChI is InChI=1S/C18H17NO/c1-11-4-6-13(3)14(8-11)18-16(10-20)15-9-12(2)5-7-17(15)19-18/h4-10,19H,1-3H3. The van der Waals surface area contributed by atoms with Gasteiger partial charge >= 0.3 is 0 Å². The van der Waals surface area contributed by atoms with E-state index in [1.165, 1.54) is 11.1 Å². The normalized spacial score (nSPS) is 10.9. The maximum absolute atomic E-state index is 11.6. The summed E-state index contributed by atoms with van der Waals surface area (Å²) in [5.41, 5.74) is 7.29. The second-order valence-corrected chi connectivity index (χ2v) is 5.40. The molecule has 0 bridgehead atoms. The summed E-state index contributed by atoms with van der Waals surface area (Å²) in [5.74, 6) is 0. The highest BCUT2D eigenvalue weighted by Gasteiger charge is 2.14. The van der Waals surface area contributed by atoms with Crippen LogP contribution in [0.4, 0.5) is 0 Å². The van der Waals surface area contributed by atoms with Crippen molar-refractivity contribution in [2.75, 3.05) is 0 Å². The van der Waals surface area contributed by atoms with Gasteiger partial charge < -0.3 is 4.98 Å². The van der Waals surface area contributed by atoms with Gasteiger partial charge in [-0.25, -0.2) is 0 Å². The smallest absolute Gasteiger partial charge is 0.152 e. The molecule has 0 saturated heterocycles. The van der Waals surface area contributed by atoms with Crippen molar-refractivity contribution in [3.63, 3.8) is 0 Å². The Balaban J connectivity index is 2.36. The van der Waals surface area contributed by atoms with Crippen LogP contribution in [0.3, 0.4) is 0 Å². The van der Waals surface area contributed by atoms with Crippen LogP contribution in [-0.2, 0) is 0 Å². The molecule has 0 aliphatic heterocycles. The topological polar surface area (TPSA) is 32.9 Å². The number of rotatable bonds is 2. The number of aromatic nitrogens is 1. The summed E-state index contributed by atoms with van der Waals surface area (Å²) in [4.78, 5) is 15.0. The number of fused-ring (bicyclic) bond motifs is 1. The number of nitrogens with one attached hydrogen (secondary N) is 1. The Labute approximate surface area is 118 Å². The monoisotopic (exact) mass is 263 g/mol. The fraction of sp³-hybridized carbons (Fsp3) is 0.167. The molecule has 2 nitrogen and oxygen atoms in total. The molecule has 1 aromatic heterocycles. The first-order valence-electron chi connectivity index (χ1n) is 6.75. The molecule has 0 fully saturated rings. The number of benzene rings is 2. The molecular formula is C18H17NO. The van der Waals surface area contributed by atoms with Crippen LogP contribution in [0.5, 0.6) is 0 Å². The lowest BCUT2D eigenvalue weighted by atomic mass is 9.99. The third kappa shape index (κ3) is 1.94. The SMILES string of the molecule is Cc1ccc(C)c(-c2[nH]c3ccc(C)cc3c2C=O)c1. The fourth-order valence-corrected chi connectivity index (χ4v) is 2.67. The molecule has 0 unspecified atom stereocenters. The van der Waals surface area contributed by atoms with E-state index in [9.17, 15) is 4.79 Å². The highest BCUT2D eigenvalue weighted by atomic mass is 16.1. The molecule has 3 aromatic rings. The van der Waals surface area contributed by atoms with Gasteiger partial charge in [0.15, 0.2) is 6.29 Å². The molecule has 2 heteroatoms. The van der Waals surface area contributed by atoms with Crippen molar-refractivity contribution in [1.82, 2.24) is 4.98 Å². The molecule has 3 rings (SSSR count). The molecule has 2 aromatic carbocycles. The quantitative estimate of drug-likeness (QED) is 0.675. The van der Waals surface area contributed by atoms with E-state index in [4.69, 9.17) is 0 Å². The van der Waals surface area contributed by atoms with E-state index in [1.54, 1.807) is 0 Å². The first-order chi connectivity index (χ1) is 9.60. The Bertz CT molecular complexity index is 812. The lowest BCUT2D eigenvalue weighted by Crippen LogP contribution is -1.89. The van der Waals surface area contributed by atoms with Gasteiger partial charge in [0, 0.05) is 22.0 Å². The lowest BCUT2D eigenvalue weighted by molar-refractivity contribution is 0.112. The Morgan fingerprint density at radius 3 is 2.40 bits per heavy atom. The Morgan fingerprint density at radius 1 is 0.950 bits per heavy atom. The van der Waals surface area contributed by atoms with Crippen LogP contribution in [0.2, 0.25) is 0 Å². The predicted octanol–water partition coefficient (Wildman–Crippen LogP) is 4.57. The van der Waals surface area contributed by atoms with Crippen molar-refractivity contribution in [3.8, 4) is 11.3 Å². The Morgan fingerprint density at radius 2 is 1.65 bits per heavy atom. The van der Waals surface area contributed by atoms with Gasteiger partial charge in [0.2, 0.25) is 0 Å². The Kier molecular flexibility index (Phi) is 2.94. The number of H-pyrrole nitrogens is 1. The second-order valence-electron chi connectivity index (χ2n) is 5.40. The third-order valence-electron chi connectivity index (χ3n) is 3.77. The molecule has 1 N–H and O–H groups in total. The summed E-state index contributed by atoms with van der Waals surface area (Å²) in [6, 6.07) is 12.5. The van der Waals surface area contributed by atoms with Gasteiger partial charge in [-0.2, -0.15) is 0 Å². The van der Waals surface area contributed by atoms with E-state index < -0.39 is 0 Å². The molecule has 100 valence electrons. The second kappa shape index (κ2) is 4.64. The van der Waals surface area contributed by atoms with Crippen molar-refractivity contribution in [3.05, 3.63) is 58.7 Å². The molecular weight excluding hydrogens is 246 g/mol. The van der Waals surface area contributed by atoms with E-state index >= 15 is 0 Å². The minimum absolute atomic E-state index is 0.748. The van der Waals surface area contributed by atoms with E-state index in [0.717, 1.165) is 39.6 Å². The van der Waals surface area contributed by atoms with Gasteiger partial charge in [0.05, 0.1) is 5.69 Å². The van der Waals surface area contributed by atoms with Gasteiger partial charge in [0.1, 0.15) is 0 Å². The number of aromatic amines is 1. The number of aryl methyl sites for hydroxylation is 3. The van der Waals surface area contributed by atoms with Crippen molar-refractivity contribution < 1.29 is 4.79 Å². The number of hydrogen-bond donors (Lipinski definition) is 1. The van der Waals surface area contributed by atoms with E-state index in [2.05, 4.69) is 49.2 Å². The van der Waals surface area contributed by atoms with Gasteiger partial charge in [-0.1, -0.05) is 29.3 Å². The van der Waals surface area contributed by atoms with Gasteiger partial charge in [-0.05, 0) is 44.5 Å². The van der Waals surface area contributed by atoms with Crippen molar-refractivity contribution in [2.24, 2.45) is 0 Å². The van der Waals surface area contributed by atoms with Crippen molar-refractivity contribution in [2.45, 2.75) is 20.8 Å². The van der Waals surface area contributed by atoms with Crippen molar-refractivity contribution >= 4 is 17.2 Å². The minimum Gasteiger partial charge on any atom is -0.354 e. The molecule has 0 amide bonds. The van der Waals surface area contributed by atoms with Crippen LogP contribution in [0.1, 0.15) is 27.0 Å². The highest BCUT2D eigenvalue weighted by molar-refractivity contribution is 6.04. The molecule has 20 heavy (non-hydrogen) atoms. The van der Waals surface area contributed by atoms with E-state index in [-0.39, 0.29) is 0 Å². The lowest BCUT2D eigenvalue weighted by Gasteiger charge is -2.06. The van der Waals surface area contributed by atoms with E-state index in [0.29, 0.717) is 0 Å². The van der Waals surface area contributed by atoms with Gasteiger partial charge in [-0.3, -0.25) is 4.79 Å². The number of carbonyl (C=O) groups is 1. The first kappa shape index (κ1) is 12.7. The van der Waals surface area contributed by atoms with Crippen LogP contribution in [0.25, 0.3) is 22.2 Å². The average Bonchev–Trinajstić information content (AvgIpc) is 2.79. The number of aldehydes is 1. The summed E-state index contributed by atoms with van der Waals surface area (Å²) in [7, 11) is 0. The van der Waals surface area contributed by atoms with Crippen molar-refractivity contribution in [1.29, 1.82) is 0 Å². The number of hydrogen-bond acceptors (Lipinski definition) is 1. The van der Waals surface area contributed by atoms with Crippen LogP contribution < -0.4 is 0 Å². The molecule has 0 aliphatic rings. The van der Waals surface area contributed by atoms with Crippen LogP contribution in [0, 0.1) is 20.8 Å². The zero-order valence-corrected chi connectivity index (χ0v) is 11.9. The minimum atomic E-state index is 0.748. The van der Waals surface area contributed by atoms with Gasteiger partial charge in [0.25, 0.3) is 0 Å². The predicted molar refractivity (Wildman–Crippen MR) is 83.3 cm³/mol. The zero-order valence-electron chi connectivity index (χ0n) is 11.9. The summed E-state index contributed by atoms with van der Waals surface area (Å²) in [6.07, 6.45) is 0.954. The highest BCUT2D eigenvalue weighted by Crippen LogP contribution is 2.32. The zero-order chi connectivity index (χ0) is 14.3. The Hall–Kier alpha value is -2.35. The van der Waals surface area contributed by atoms with E-state index in [1.807, 2.05) is 13.0 Å². The van der Waals surface area contributed by atoms with Crippen LogP contribution in [0.15, 0.2) is 36.4 Å². The molecule has 0 radical (unpaired) electrons. The molecule has 0 saturated carbocycles. The maximum atomic E-state index is 11.6. The average molecular weight is 263 g/mol. The fourth-order valence-electron chi connectivity index (χ4n) is 2.67. The number of carbonyl (C=O) groups excluding carboxylic acids is 1. The molecule has 0 aliphatic carbocycles. The van der Waals surface area contributed by atoms with Crippen LogP contribution >= 0.6 is 0 Å².